The summed E-state index contributed by atoms with van der Waals surface area (Å²) in [6.07, 6.45) is -0.466. The number of aliphatic carboxylic acids is 1. The Balaban J connectivity index is 1.85. The minimum Gasteiger partial charge on any atom is -0.491 e. The van der Waals surface area contributed by atoms with Crippen LogP contribution in [-0.2, 0) is 16.0 Å². The van der Waals surface area contributed by atoms with Gasteiger partial charge in [0.05, 0.1) is 18.6 Å². The second-order valence-electron chi connectivity index (χ2n) is 7.81. The summed E-state index contributed by atoms with van der Waals surface area (Å²) in [7, 11) is 0. The summed E-state index contributed by atoms with van der Waals surface area (Å²) < 4.78 is 16.8. The van der Waals surface area contributed by atoms with E-state index in [1.54, 1.807) is 12.1 Å². The fraction of sp³-hybridized carbons (Fsp3) is 0.458. The van der Waals surface area contributed by atoms with Crippen molar-refractivity contribution in [3.63, 3.8) is 0 Å². The Morgan fingerprint density at radius 3 is 2.40 bits per heavy atom. The number of benzene rings is 2. The van der Waals surface area contributed by atoms with Gasteiger partial charge in [0.2, 0.25) is 0 Å². The number of carbonyl (C=O) groups is 1. The number of hydrogen-bond acceptors (Lipinski definition) is 5. The number of ether oxygens (including phenoxy) is 3. The molecule has 0 unspecified atom stereocenters. The molecule has 2 aromatic rings. The first-order valence-electron chi connectivity index (χ1n) is 10.2. The average Bonchev–Trinajstić information content (AvgIpc) is 2.69. The molecule has 0 saturated heterocycles. The van der Waals surface area contributed by atoms with Gasteiger partial charge in [0, 0.05) is 0 Å². The Hall–Kier alpha value is -2.57. The summed E-state index contributed by atoms with van der Waals surface area (Å²) in [4.78, 5) is 11.5. The van der Waals surface area contributed by atoms with E-state index in [2.05, 4.69) is 0 Å². The number of aryl methyl sites for hydroxylation is 2. The van der Waals surface area contributed by atoms with Crippen LogP contribution in [0.15, 0.2) is 42.5 Å². The molecule has 2 atom stereocenters. The Bertz CT molecular complexity index is 817. The number of hydrogen-bond donors (Lipinski definition) is 2. The summed E-state index contributed by atoms with van der Waals surface area (Å²) in [5.74, 6) is -0.197. The van der Waals surface area contributed by atoms with E-state index in [1.165, 1.54) is 0 Å². The van der Waals surface area contributed by atoms with Gasteiger partial charge in [-0.25, -0.2) is 0 Å². The lowest BCUT2D eigenvalue weighted by molar-refractivity contribution is -0.144. The van der Waals surface area contributed by atoms with Crippen LogP contribution in [0.3, 0.4) is 0 Å². The second kappa shape index (κ2) is 11.6. The van der Waals surface area contributed by atoms with Gasteiger partial charge >= 0.3 is 5.97 Å². The molecular formula is C24H32O6. The third-order valence-electron chi connectivity index (χ3n) is 4.56. The Morgan fingerprint density at radius 1 is 1.00 bits per heavy atom. The zero-order valence-corrected chi connectivity index (χ0v) is 18.1. The highest BCUT2D eigenvalue weighted by molar-refractivity contribution is 5.70. The first-order valence-corrected chi connectivity index (χ1v) is 10.2. The molecule has 2 N–H and O–H groups in total. The lowest BCUT2D eigenvalue weighted by Gasteiger charge is -2.17. The van der Waals surface area contributed by atoms with E-state index in [0.717, 1.165) is 22.4 Å². The number of carboxylic acid groups (broad SMARTS) is 1. The molecule has 2 rings (SSSR count). The van der Waals surface area contributed by atoms with E-state index >= 15 is 0 Å². The van der Waals surface area contributed by atoms with Crippen molar-refractivity contribution in [2.24, 2.45) is 5.92 Å². The smallest absolute Gasteiger partial charge is 0.309 e. The summed E-state index contributed by atoms with van der Waals surface area (Å²) in [5.41, 5.74) is 3.02. The molecule has 0 amide bonds. The van der Waals surface area contributed by atoms with Crippen LogP contribution in [0.2, 0.25) is 0 Å². The lowest BCUT2D eigenvalue weighted by atomic mass is 10.00. The average molecular weight is 417 g/mol. The standard InChI is InChI=1S/C24H32O6/c1-16(2)28-13-20(24(26)27)11-19-6-5-7-22(12-19)29-14-21(25)15-30-23-9-8-17(3)10-18(23)4/h5-10,12,16,20-21,25H,11,13-15H2,1-4H3,(H,26,27)/t20-,21-/m1/s1. The van der Waals surface area contributed by atoms with E-state index in [0.29, 0.717) is 12.2 Å². The Labute approximate surface area is 178 Å². The highest BCUT2D eigenvalue weighted by Gasteiger charge is 2.19. The minimum atomic E-state index is -0.888. The molecule has 0 fully saturated rings. The first kappa shape index (κ1) is 23.7. The van der Waals surface area contributed by atoms with Crippen LogP contribution in [0.1, 0.15) is 30.5 Å². The van der Waals surface area contributed by atoms with Crippen LogP contribution >= 0.6 is 0 Å². The summed E-state index contributed by atoms with van der Waals surface area (Å²) in [5, 5.41) is 19.6. The molecule has 30 heavy (non-hydrogen) atoms. The number of rotatable bonds is 12. The molecule has 0 bridgehead atoms. The molecule has 0 spiro atoms. The number of aliphatic hydroxyl groups excluding tert-OH is 1. The SMILES string of the molecule is Cc1ccc(OC[C@H](O)COc2cccc(C[C@H](COC(C)C)C(=O)O)c2)c(C)c1. The van der Waals surface area contributed by atoms with Crippen molar-refractivity contribution >= 4 is 5.97 Å². The van der Waals surface area contributed by atoms with E-state index in [-0.39, 0.29) is 25.9 Å². The third-order valence-corrected chi connectivity index (χ3v) is 4.56. The number of carboxylic acids is 1. The summed E-state index contributed by atoms with van der Waals surface area (Å²) in [6.45, 7) is 8.10. The molecule has 0 heterocycles. The van der Waals surface area contributed by atoms with Gasteiger partial charge < -0.3 is 24.4 Å². The molecule has 2 aromatic carbocycles. The molecule has 6 heteroatoms. The normalized spacial score (nSPS) is 13.1. The Kier molecular flexibility index (Phi) is 9.15. The molecule has 0 radical (unpaired) electrons. The van der Waals surface area contributed by atoms with Crippen molar-refractivity contribution in [1.82, 2.24) is 0 Å². The van der Waals surface area contributed by atoms with Crippen LogP contribution in [0, 0.1) is 19.8 Å². The van der Waals surface area contributed by atoms with Gasteiger partial charge in [0.25, 0.3) is 0 Å². The zero-order chi connectivity index (χ0) is 22.1. The molecule has 0 saturated carbocycles. The zero-order valence-electron chi connectivity index (χ0n) is 18.1. The highest BCUT2D eigenvalue weighted by atomic mass is 16.5. The van der Waals surface area contributed by atoms with Crippen molar-refractivity contribution in [3.8, 4) is 11.5 Å². The number of aliphatic hydroxyl groups is 1. The predicted molar refractivity (Wildman–Crippen MR) is 115 cm³/mol. The predicted octanol–water partition coefficient (Wildman–Crippen LogP) is 3.79. The minimum absolute atomic E-state index is 0.0195. The fourth-order valence-electron chi connectivity index (χ4n) is 2.96. The molecular weight excluding hydrogens is 384 g/mol. The van der Waals surface area contributed by atoms with Crippen LogP contribution in [0.25, 0.3) is 0 Å². The highest BCUT2D eigenvalue weighted by Crippen LogP contribution is 2.20. The van der Waals surface area contributed by atoms with Gasteiger partial charge in [0.1, 0.15) is 30.8 Å². The van der Waals surface area contributed by atoms with Crippen LogP contribution in [-0.4, -0.2) is 48.2 Å². The van der Waals surface area contributed by atoms with Crippen LogP contribution < -0.4 is 9.47 Å². The van der Waals surface area contributed by atoms with Crippen molar-refractivity contribution in [3.05, 3.63) is 59.2 Å². The molecule has 164 valence electrons. The fourth-order valence-corrected chi connectivity index (χ4v) is 2.96. The van der Waals surface area contributed by atoms with Gasteiger partial charge in [-0.1, -0.05) is 29.8 Å². The molecule has 0 aliphatic carbocycles. The van der Waals surface area contributed by atoms with E-state index in [9.17, 15) is 15.0 Å². The lowest BCUT2D eigenvalue weighted by Crippen LogP contribution is -2.25. The van der Waals surface area contributed by atoms with Crippen molar-refractivity contribution in [1.29, 1.82) is 0 Å². The molecule has 0 aliphatic rings. The van der Waals surface area contributed by atoms with Crippen molar-refractivity contribution < 1.29 is 29.2 Å². The van der Waals surface area contributed by atoms with E-state index < -0.39 is 18.0 Å². The van der Waals surface area contributed by atoms with E-state index in [4.69, 9.17) is 14.2 Å². The Morgan fingerprint density at radius 2 is 1.73 bits per heavy atom. The maximum absolute atomic E-state index is 11.5. The quantitative estimate of drug-likeness (QED) is 0.548. The van der Waals surface area contributed by atoms with E-state index in [1.807, 2.05) is 58.0 Å². The maximum atomic E-state index is 11.5. The van der Waals surface area contributed by atoms with Gasteiger partial charge in [0.15, 0.2) is 0 Å². The maximum Gasteiger partial charge on any atom is 0.309 e. The first-order chi connectivity index (χ1) is 14.2. The van der Waals surface area contributed by atoms with Crippen molar-refractivity contribution in [2.45, 2.75) is 46.3 Å². The van der Waals surface area contributed by atoms with Crippen LogP contribution in [0.4, 0.5) is 0 Å². The topological polar surface area (TPSA) is 85.2 Å². The van der Waals surface area contributed by atoms with Gasteiger partial charge in [-0.2, -0.15) is 0 Å². The van der Waals surface area contributed by atoms with Gasteiger partial charge in [-0.3, -0.25) is 4.79 Å². The van der Waals surface area contributed by atoms with Crippen molar-refractivity contribution in [2.75, 3.05) is 19.8 Å². The monoisotopic (exact) mass is 416 g/mol. The third kappa shape index (κ3) is 8.05. The second-order valence-corrected chi connectivity index (χ2v) is 7.81. The van der Waals surface area contributed by atoms with Gasteiger partial charge in [-0.15, -0.1) is 0 Å². The molecule has 0 aliphatic heterocycles. The van der Waals surface area contributed by atoms with Crippen LogP contribution in [0.5, 0.6) is 11.5 Å². The van der Waals surface area contributed by atoms with Gasteiger partial charge in [-0.05, 0) is 63.4 Å². The summed E-state index contributed by atoms with van der Waals surface area (Å²) >= 11 is 0. The molecule has 0 aromatic heterocycles. The summed E-state index contributed by atoms with van der Waals surface area (Å²) in [6, 6.07) is 13.1. The molecule has 6 nitrogen and oxygen atoms in total. The largest absolute Gasteiger partial charge is 0.491 e.